The zero-order valence-corrected chi connectivity index (χ0v) is 12.1. The molecule has 0 amide bonds. The Morgan fingerprint density at radius 2 is 2.06 bits per heavy atom. The van der Waals surface area contributed by atoms with E-state index in [1.165, 1.54) is 36.9 Å². The second-order valence-electron chi connectivity index (χ2n) is 5.61. The van der Waals surface area contributed by atoms with Crippen LogP contribution in [-0.4, -0.2) is 48.5 Å². The predicted molar refractivity (Wildman–Crippen MR) is 76.7 cm³/mol. The number of amidine groups is 1. The van der Waals surface area contributed by atoms with Gasteiger partial charge in [0, 0.05) is 18.3 Å². The summed E-state index contributed by atoms with van der Waals surface area (Å²) in [4.78, 5) is 7.18. The first kappa shape index (κ1) is 13.2. The molecule has 0 bridgehead atoms. The fourth-order valence-corrected chi connectivity index (χ4v) is 3.43. The van der Waals surface area contributed by atoms with E-state index >= 15 is 0 Å². The SMILES string of the molecule is CC1CSC(=NCC2CCN(C)CC2)NC1C. The highest BCUT2D eigenvalue weighted by atomic mass is 32.2. The van der Waals surface area contributed by atoms with Crippen LogP contribution in [0.5, 0.6) is 0 Å². The first-order valence-electron chi connectivity index (χ1n) is 6.77. The van der Waals surface area contributed by atoms with Gasteiger partial charge in [-0.25, -0.2) is 0 Å². The van der Waals surface area contributed by atoms with Crippen molar-refractivity contribution in [1.29, 1.82) is 0 Å². The summed E-state index contributed by atoms with van der Waals surface area (Å²) >= 11 is 1.89. The summed E-state index contributed by atoms with van der Waals surface area (Å²) < 4.78 is 0. The maximum absolute atomic E-state index is 4.77. The van der Waals surface area contributed by atoms with E-state index in [0.29, 0.717) is 6.04 Å². The van der Waals surface area contributed by atoms with Crippen LogP contribution >= 0.6 is 11.8 Å². The molecular weight excluding hydrogens is 230 g/mol. The van der Waals surface area contributed by atoms with Crippen molar-refractivity contribution in [2.75, 3.05) is 32.4 Å². The van der Waals surface area contributed by atoms with Crippen molar-refractivity contribution >= 4 is 16.9 Å². The first-order chi connectivity index (χ1) is 8.15. The molecule has 2 heterocycles. The van der Waals surface area contributed by atoms with Crippen molar-refractivity contribution < 1.29 is 0 Å². The van der Waals surface area contributed by atoms with Crippen molar-refractivity contribution in [2.45, 2.75) is 32.7 Å². The number of piperidine rings is 1. The number of aliphatic imine (C=N–C) groups is 1. The average molecular weight is 255 g/mol. The Morgan fingerprint density at radius 3 is 2.71 bits per heavy atom. The van der Waals surface area contributed by atoms with Crippen molar-refractivity contribution in [3.05, 3.63) is 0 Å². The fourth-order valence-electron chi connectivity index (χ4n) is 2.28. The van der Waals surface area contributed by atoms with Crippen LogP contribution in [0.4, 0.5) is 0 Å². The Hall–Kier alpha value is -0.220. The second-order valence-corrected chi connectivity index (χ2v) is 6.62. The van der Waals surface area contributed by atoms with E-state index in [1.807, 2.05) is 11.8 Å². The van der Waals surface area contributed by atoms with Crippen LogP contribution in [0, 0.1) is 11.8 Å². The Kier molecular flexibility index (Phi) is 4.74. The summed E-state index contributed by atoms with van der Waals surface area (Å²) in [6.07, 6.45) is 2.62. The zero-order chi connectivity index (χ0) is 12.3. The molecule has 2 rings (SSSR count). The zero-order valence-electron chi connectivity index (χ0n) is 11.3. The molecule has 0 radical (unpaired) electrons. The highest BCUT2D eigenvalue weighted by molar-refractivity contribution is 8.13. The van der Waals surface area contributed by atoms with Gasteiger partial charge in [-0.15, -0.1) is 0 Å². The van der Waals surface area contributed by atoms with Crippen molar-refractivity contribution in [3.63, 3.8) is 0 Å². The third kappa shape index (κ3) is 3.88. The Balaban J connectivity index is 1.76. The summed E-state index contributed by atoms with van der Waals surface area (Å²) in [6.45, 7) is 8.06. The number of hydrogen-bond donors (Lipinski definition) is 1. The highest BCUT2D eigenvalue weighted by Crippen LogP contribution is 2.21. The van der Waals surface area contributed by atoms with Gasteiger partial charge >= 0.3 is 0 Å². The number of rotatable bonds is 2. The molecule has 98 valence electrons. The molecule has 0 aliphatic carbocycles. The summed E-state index contributed by atoms with van der Waals surface area (Å²) in [5.41, 5.74) is 0. The van der Waals surface area contributed by atoms with E-state index in [-0.39, 0.29) is 0 Å². The third-order valence-electron chi connectivity index (χ3n) is 4.02. The van der Waals surface area contributed by atoms with Gasteiger partial charge in [-0.2, -0.15) is 0 Å². The lowest BCUT2D eigenvalue weighted by atomic mass is 9.97. The molecule has 2 unspecified atom stereocenters. The lowest BCUT2D eigenvalue weighted by molar-refractivity contribution is 0.223. The Morgan fingerprint density at radius 1 is 1.35 bits per heavy atom. The fraction of sp³-hybridized carbons (Fsp3) is 0.923. The van der Waals surface area contributed by atoms with Crippen LogP contribution in [0.25, 0.3) is 0 Å². The van der Waals surface area contributed by atoms with Gasteiger partial charge in [-0.05, 0) is 51.7 Å². The van der Waals surface area contributed by atoms with E-state index in [4.69, 9.17) is 4.99 Å². The monoisotopic (exact) mass is 255 g/mol. The van der Waals surface area contributed by atoms with Gasteiger partial charge in [-0.1, -0.05) is 18.7 Å². The molecule has 0 saturated carbocycles. The quantitative estimate of drug-likeness (QED) is 0.818. The molecular formula is C13H25N3S. The summed E-state index contributed by atoms with van der Waals surface area (Å²) in [7, 11) is 2.21. The molecule has 2 fully saturated rings. The lowest BCUT2D eigenvalue weighted by Gasteiger charge is -2.30. The minimum atomic E-state index is 0.576. The molecule has 0 aromatic rings. The number of nitrogens with one attached hydrogen (secondary N) is 1. The van der Waals surface area contributed by atoms with E-state index in [0.717, 1.165) is 18.4 Å². The first-order valence-corrected chi connectivity index (χ1v) is 7.76. The van der Waals surface area contributed by atoms with Crippen LogP contribution in [0.1, 0.15) is 26.7 Å². The second kappa shape index (κ2) is 6.10. The molecule has 0 aromatic heterocycles. The predicted octanol–water partition coefficient (Wildman–Crippen LogP) is 2.05. The summed E-state index contributed by atoms with van der Waals surface area (Å²) in [5, 5.41) is 4.69. The van der Waals surface area contributed by atoms with E-state index in [9.17, 15) is 0 Å². The topological polar surface area (TPSA) is 27.6 Å². The normalized spacial score (nSPS) is 34.9. The van der Waals surface area contributed by atoms with Gasteiger partial charge in [-0.3, -0.25) is 4.99 Å². The average Bonchev–Trinajstić information content (AvgIpc) is 2.33. The minimum Gasteiger partial charge on any atom is -0.362 e. The maximum Gasteiger partial charge on any atom is 0.156 e. The van der Waals surface area contributed by atoms with Crippen molar-refractivity contribution in [2.24, 2.45) is 16.8 Å². The molecule has 4 heteroatoms. The Labute approximate surface area is 109 Å². The largest absolute Gasteiger partial charge is 0.362 e. The van der Waals surface area contributed by atoms with Crippen LogP contribution in [0.2, 0.25) is 0 Å². The Bertz CT molecular complexity index is 272. The van der Waals surface area contributed by atoms with Crippen LogP contribution in [-0.2, 0) is 0 Å². The number of nitrogens with zero attached hydrogens (tertiary/aromatic N) is 2. The van der Waals surface area contributed by atoms with Crippen molar-refractivity contribution in [1.82, 2.24) is 10.2 Å². The molecule has 0 spiro atoms. The lowest BCUT2D eigenvalue weighted by Crippen LogP contribution is -2.41. The number of thioether (sulfide) groups is 1. The van der Waals surface area contributed by atoms with Crippen LogP contribution < -0.4 is 5.32 Å². The molecule has 17 heavy (non-hydrogen) atoms. The molecule has 3 nitrogen and oxygen atoms in total. The van der Waals surface area contributed by atoms with Crippen LogP contribution in [0.3, 0.4) is 0 Å². The van der Waals surface area contributed by atoms with Gasteiger partial charge in [0.05, 0.1) is 0 Å². The minimum absolute atomic E-state index is 0.576. The molecule has 2 aliphatic heterocycles. The van der Waals surface area contributed by atoms with Gasteiger partial charge < -0.3 is 10.2 Å². The molecule has 1 N–H and O–H groups in total. The molecule has 2 aliphatic rings. The van der Waals surface area contributed by atoms with Gasteiger partial charge in [0.25, 0.3) is 0 Å². The van der Waals surface area contributed by atoms with Crippen LogP contribution in [0.15, 0.2) is 4.99 Å². The number of likely N-dealkylation sites (tertiary alicyclic amines) is 1. The smallest absolute Gasteiger partial charge is 0.156 e. The van der Waals surface area contributed by atoms with Gasteiger partial charge in [0.1, 0.15) is 0 Å². The number of hydrogen-bond acceptors (Lipinski definition) is 3. The maximum atomic E-state index is 4.77. The highest BCUT2D eigenvalue weighted by Gasteiger charge is 2.21. The summed E-state index contributed by atoms with van der Waals surface area (Å²) in [6, 6.07) is 0.576. The van der Waals surface area contributed by atoms with Gasteiger partial charge in [0.2, 0.25) is 0 Å². The van der Waals surface area contributed by atoms with E-state index in [1.54, 1.807) is 0 Å². The standard InChI is InChI=1S/C13H25N3S/c1-10-9-17-13(15-11(10)2)14-8-12-4-6-16(3)7-5-12/h10-12H,4-9H2,1-3H3,(H,14,15). The third-order valence-corrected chi connectivity index (χ3v) is 5.23. The molecule has 0 aromatic carbocycles. The van der Waals surface area contributed by atoms with E-state index in [2.05, 4.69) is 31.1 Å². The van der Waals surface area contributed by atoms with E-state index < -0.39 is 0 Å². The summed E-state index contributed by atoms with van der Waals surface area (Å²) in [5.74, 6) is 2.76. The molecule has 2 atom stereocenters. The molecule has 2 saturated heterocycles. The van der Waals surface area contributed by atoms with Crippen molar-refractivity contribution in [3.8, 4) is 0 Å². The van der Waals surface area contributed by atoms with Gasteiger partial charge in [0.15, 0.2) is 5.17 Å².